The molecule has 132 valence electrons. The lowest BCUT2D eigenvalue weighted by atomic mass is 10.1. The van der Waals surface area contributed by atoms with Gasteiger partial charge in [-0.1, -0.05) is 30.3 Å². The summed E-state index contributed by atoms with van der Waals surface area (Å²) in [6.07, 6.45) is 1.03. The lowest BCUT2D eigenvalue weighted by molar-refractivity contribution is 0.601. The van der Waals surface area contributed by atoms with Crippen LogP contribution in [0.4, 0.5) is 5.69 Å². The lowest BCUT2D eigenvalue weighted by Crippen LogP contribution is -2.30. The van der Waals surface area contributed by atoms with Gasteiger partial charge in [-0.2, -0.15) is 0 Å². The summed E-state index contributed by atoms with van der Waals surface area (Å²) in [5.41, 5.74) is 1.48. The van der Waals surface area contributed by atoms with Crippen LogP contribution in [-0.4, -0.2) is 27.3 Å². The van der Waals surface area contributed by atoms with Crippen molar-refractivity contribution in [3.05, 3.63) is 72.3 Å². The van der Waals surface area contributed by atoms with Crippen LogP contribution in [0.15, 0.2) is 76.6 Å². The van der Waals surface area contributed by atoms with Gasteiger partial charge >= 0.3 is 0 Å². The Morgan fingerprint density at radius 2 is 1.69 bits per heavy atom. The minimum Gasteiger partial charge on any atom is -0.370 e. The van der Waals surface area contributed by atoms with Gasteiger partial charge in [-0.05, 0) is 53.6 Å². The SMILES string of the molecule is O=S(=O)(Nc1ccc(C2=NCCCN2)cc1)c1ccc2ccccc2c1. The van der Waals surface area contributed by atoms with E-state index in [1.807, 2.05) is 42.5 Å². The predicted molar refractivity (Wildman–Crippen MR) is 105 cm³/mol. The number of fused-ring (bicyclic) bond motifs is 1. The van der Waals surface area contributed by atoms with Crippen LogP contribution in [0.1, 0.15) is 12.0 Å². The highest BCUT2D eigenvalue weighted by Crippen LogP contribution is 2.21. The molecule has 2 N–H and O–H groups in total. The van der Waals surface area contributed by atoms with Crippen LogP contribution in [0.2, 0.25) is 0 Å². The van der Waals surface area contributed by atoms with Gasteiger partial charge in [0, 0.05) is 24.3 Å². The average molecular weight is 365 g/mol. The lowest BCUT2D eigenvalue weighted by Gasteiger charge is -2.15. The van der Waals surface area contributed by atoms with E-state index in [0.29, 0.717) is 5.69 Å². The van der Waals surface area contributed by atoms with E-state index < -0.39 is 10.0 Å². The van der Waals surface area contributed by atoms with E-state index >= 15 is 0 Å². The Morgan fingerprint density at radius 1 is 0.923 bits per heavy atom. The van der Waals surface area contributed by atoms with Crippen molar-refractivity contribution in [1.82, 2.24) is 5.32 Å². The van der Waals surface area contributed by atoms with Gasteiger partial charge in [-0.25, -0.2) is 8.42 Å². The van der Waals surface area contributed by atoms with E-state index in [-0.39, 0.29) is 4.90 Å². The van der Waals surface area contributed by atoms with E-state index in [4.69, 9.17) is 0 Å². The fourth-order valence-electron chi connectivity index (χ4n) is 2.97. The molecule has 0 bridgehead atoms. The van der Waals surface area contributed by atoms with Gasteiger partial charge in [0.05, 0.1) is 4.90 Å². The van der Waals surface area contributed by atoms with E-state index in [1.54, 1.807) is 24.3 Å². The molecule has 3 aromatic rings. The van der Waals surface area contributed by atoms with Gasteiger partial charge in [-0.15, -0.1) is 0 Å². The maximum Gasteiger partial charge on any atom is 0.261 e. The standard InChI is InChI=1S/C20H19N3O2S/c24-26(25,19-11-8-15-4-1-2-5-17(15)14-19)23-18-9-6-16(7-10-18)20-21-12-3-13-22-20/h1-2,4-11,14,23H,3,12-13H2,(H,21,22). The number of nitrogens with zero attached hydrogens (tertiary/aromatic N) is 1. The van der Waals surface area contributed by atoms with E-state index in [2.05, 4.69) is 15.0 Å². The van der Waals surface area contributed by atoms with Crippen LogP contribution in [0.5, 0.6) is 0 Å². The van der Waals surface area contributed by atoms with Crippen LogP contribution >= 0.6 is 0 Å². The summed E-state index contributed by atoms with van der Waals surface area (Å²) in [6, 6.07) is 20.1. The molecule has 0 atom stereocenters. The molecule has 26 heavy (non-hydrogen) atoms. The normalized spacial score (nSPS) is 14.5. The topological polar surface area (TPSA) is 70.6 Å². The first-order chi connectivity index (χ1) is 12.6. The molecule has 4 rings (SSSR count). The average Bonchev–Trinajstić information content (AvgIpc) is 2.68. The number of hydrogen-bond donors (Lipinski definition) is 2. The Hall–Kier alpha value is -2.86. The zero-order valence-electron chi connectivity index (χ0n) is 14.1. The largest absolute Gasteiger partial charge is 0.370 e. The minimum absolute atomic E-state index is 0.249. The maximum atomic E-state index is 12.7. The number of rotatable bonds is 4. The highest BCUT2D eigenvalue weighted by molar-refractivity contribution is 7.92. The molecule has 1 aliphatic rings. The Morgan fingerprint density at radius 3 is 2.42 bits per heavy atom. The molecule has 0 spiro atoms. The minimum atomic E-state index is -3.64. The zero-order valence-corrected chi connectivity index (χ0v) is 15.0. The van der Waals surface area contributed by atoms with Crippen LogP contribution in [0.3, 0.4) is 0 Å². The van der Waals surface area contributed by atoms with Gasteiger partial charge in [0.25, 0.3) is 10.0 Å². The predicted octanol–water partition coefficient (Wildman–Crippen LogP) is 3.38. The van der Waals surface area contributed by atoms with Crippen molar-refractivity contribution in [1.29, 1.82) is 0 Å². The molecule has 3 aromatic carbocycles. The number of aliphatic imine (C=N–C) groups is 1. The molecule has 1 heterocycles. The van der Waals surface area contributed by atoms with Crippen LogP contribution in [-0.2, 0) is 10.0 Å². The molecular formula is C20H19N3O2S. The van der Waals surface area contributed by atoms with E-state index in [1.165, 1.54) is 0 Å². The Balaban J connectivity index is 1.57. The molecule has 0 saturated heterocycles. The van der Waals surface area contributed by atoms with Crippen LogP contribution in [0, 0.1) is 0 Å². The van der Waals surface area contributed by atoms with E-state index in [9.17, 15) is 8.42 Å². The number of nitrogens with one attached hydrogen (secondary N) is 2. The number of anilines is 1. The molecule has 0 aromatic heterocycles. The van der Waals surface area contributed by atoms with Crippen molar-refractivity contribution in [2.45, 2.75) is 11.3 Å². The second-order valence-electron chi connectivity index (χ2n) is 6.20. The van der Waals surface area contributed by atoms with Crippen LogP contribution in [0.25, 0.3) is 10.8 Å². The van der Waals surface area contributed by atoms with Crippen molar-refractivity contribution >= 4 is 32.3 Å². The molecule has 0 amide bonds. The number of amidine groups is 1. The quantitative estimate of drug-likeness (QED) is 0.745. The Labute approximate surface area is 152 Å². The second-order valence-corrected chi connectivity index (χ2v) is 7.88. The third-order valence-corrected chi connectivity index (χ3v) is 5.72. The molecule has 0 radical (unpaired) electrons. The fourth-order valence-corrected chi connectivity index (χ4v) is 4.06. The number of sulfonamides is 1. The van der Waals surface area contributed by atoms with E-state index in [0.717, 1.165) is 41.7 Å². The van der Waals surface area contributed by atoms with Gasteiger partial charge in [0.15, 0.2) is 0 Å². The summed E-state index contributed by atoms with van der Waals surface area (Å²) in [7, 11) is -3.64. The molecule has 0 aliphatic carbocycles. The van der Waals surface area contributed by atoms with Gasteiger partial charge in [-0.3, -0.25) is 9.71 Å². The Kier molecular flexibility index (Phi) is 4.34. The number of hydrogen-bond acceptors (Lipinski definition) is 4. The molecule has 5 nitrogen and oxygen atoms in total. The zero-order chi connectivity index (χ0) is 18.0. The molecule has 1 aliphatic heterocycles. The summed E-state index contributed by atoms with van der Waals surface area (Å²) >= 11 is 0. The van der Waals surface area contributed by atoms with Crippen molar-refractivity contribution in [3.8, 4) is 0 Å². The summed E-state index contributed by atoms with van der Waals surface area (Å²) in [5.74, 6) is 0.861. The van der Waals surface area contributed by atoms with Crippen LogP contribution < -0.4 is 10.0 Å². The number of benzene rings is 3. The highest BCUT2D eigenvalue weighted by Gasteiger charge is 2.15. The smallest absolute Gasteiger partial charge is 0.261 e. The molecule has 0 fully saturated rings. The first kappa shape index (κ1) is 16.6. The Bertz CT molecular complexity index is 1070. The monoisotopic (exact) mass is 365 g/mol. The summed E-state index contributed by atoms with van der Waals surface area (Å²) in [4.78, 5) is 4.70. The second kappa shape index (κ2) is 6.80. The van der Waals surface area contributed by atoms with Crippen molar-refractivity contribution < 1.29 is 8.42 Å². The maximum absolute atomic E-state index is 12.7. The first-order valence-corrected chi connectivity index (χ1v) is 10.0. The summed E-state index contributed by atoms with van der Waals surface area (Å²) in [5, 5.41) is 5.16. The van der Waals surface area contributed by atoms with Crippen molar-refractivity contribution in [2.24, 2.45) is 4.99 Å². The highest BCUT2D eigenvalue weighted by atomic mass is 32.2. The van der Waals surface area contributed by atoms with Gasteiger partial charge in [0.1, 0.15) is 5.84 Å². The third kappa shape index (κ3) is 3.41. The molecule has 0 unspecified atom stereocenters. The van der Waals surface area contributed by atoms with Gasteiger partial charge < -0.3 is 5.32 Å². The van der Waals surface area contributed by atoms with Crippen molar-refractivity contribution in [2.75, 3.05) is 17.8 Å². The van der Waals surface area contributed by atoms with Gasteiger partial charge in [0.2, 0.25) is 0 Å². The summed E-state index contributed by atoms with van der Waals surface area (Å²) in [6.45, 7) is 1.73. The molecule has 6 heteroatoms. The third-order valence-electron chi connectivity index (χ3n) is 4.34. The molecular weight excluding hydrogens is 346 g/mol. The first-order valence-electron chi connectivity index (χ1n) is 8.52. The van der Waals surface area contributed by atoms with Crippen molar-refractivity contribution in [3.63, 3.8) is 0 Å². The summed E-state index contributed by atoms with van der Waals surface area (Å²) < 4.78 is 28.0. The fraction of sp³-hybridized carbons (Fsp3) is 0.150. The molecule has 0 saturated carbocycles.